The van der Waals surface area contributed by atoms with Crippen LogP contribution in [-0.4, -0.2) is 22.6 Å². The minimum Gasteiger partial charge on any atom is -0.312 e. The Bertz CT molecular complexity index is 894. The van der Waals surface area contributed by atoms with Gasteiger partial charge in [-0.25, -0.2) is 0 Å². The standard InChI is InChI=1S/C19H17N3O/c23-19-10-5-13-22(19)18-9-4-1-6-14(18)11-12-17-15-7-2-3-8-16(15)20-21-17/h1-4,6-9,11-12H,5,10,13H2,(H,20,21). The predicted octanol–water partition coefficient (Wildman–Crippen LogP) is 3.86. The zero-order valence-corrected chi connectivity index (χ0v) is 12.7. The lowest BCUT2D eigenvalue weighted by Gasteiger charge is -2.18. The number of amides is 1. The number of aromatic nitrogens is 2. The number of para-hydroxylation sites is 2. The van der Waals surface area contributed by atoms with Gasteiger partial charge in [0.2, 0.25) is 5.91 Å². The van der Waals surface area contributed by atoms with Crippen LogP contribution in [0.2, 0.25) is 0 Å². The van der Waals surface area contributed by atoms with Crippen LogP contribution in [-0.2, 0) is 4.79 Å². The molecule has 0 radical (unpaired) electrons. The summed E-state index contributed by atoms with van der Waals surface area (Å²) in [6.07, 6.45) is 5.60. The number of hydrogen-bond acceptors (Lipinski definition) is 2. The monoisotopic (exact) mass is 303 g/mol. The Kier molecular flexibility index (Phi) is 3.42. The molecule has 2 aromatic carbocycles. The highest BCUT2D eigenvalue weighted by molar-refractivity contribution is 5.98. The second-order valence-electron chi connectivity index (χ2n) is 5.70. The fourth-order valence-corrected chi connectivity index (χ4v) is 3.06. The highest BCUT2D eigenvalue weighted by Gasteiger charge is 2.22. The Labute approximate surface area is 134 Å². The molecule has 3 aromatic rings. The van der Waals surface area contributed by atoms with Gasteiger partial charge in [-0.05, 0) is 30.2 Å². The molecule has 1 aromatic heterocycles. The lowest BCUT2D eigenvalue weighted by atomic mass is 10.1. The van der Waals surface area contributed by atoms with E-state index in [1.54, 1.807) is 0 Å². The van der Waals surface area contributed by atoms with Crippen LogP contribution in [0.1, 0.15) is 24.1 Å². The maximum Gasteiger partial charge on any atom is 0.227 e. The third kappa shape index (κ3) is 2.52. The number of fused-ring (bicyclic) bond motifs is 1. The van der Waals surface area contributed by atoms with Gasteiger partial charge in [0.15, 0.2) is 0 Å². The lowest BCUT2D eigenvalue weighted by molar-refractivity contribution is -0.117. The molecular weight excluding hydrogens is 286 g/mol. The first-order valence-electron chi connectivity index (χ1n) is 7.83. The molecule has 114 valence electrons. The average molecular weight is 303 g/mol. The molecule has 0 saturated carbocycles. The van der Waals surface area contributed by atoms with Crippen molar-refractivity contribution >= 4 is 34.6 Å². The largest absolute Gasteiger partial charge is 0.312 e. The Morgan fingerprint density at radius 2 is 1.87 bits per heavy atom. The number of H-pyrrole nitrogens is 1. The van der Waals surface area contributed by atoms with E-state index in [-0.39, 0.29) is 5.91 Å². The van der Waals surface area contributed by atoms with Crippen molar-refractivity contribution in [1.82, 2.24) is 10.2 Å². The summed E-state index contributed by atoms with van der Waals surface area (Å²) >= 11 is 0. The SMILES string of the molecule is O=C1CCCN1c1ccccc1C=Cc1n[nH]c2ccccc12. The van der Waals surface area contributed by atoms with Gasteiger partial charge in [-0.3, -0.25) is 9.89 Å². The lowest BCUT2D eigenvalue weighted by Crippen LogP contribution is -2.24. The Morgan fingerprint density at radius 3 is 2.74 bits per heavy atom. The summed E-state index contributed by atoms with van der Waals surface area (Å²) in [4.78, 5) is 13.9. The van der Waals surface area contributed by atoms with Crippen molar-refractivity contribution in [2.24, 2.45) is 0 Å². The Balaban J connectivity index is 1.70. The quantitative estimate of drug-likeness (QED) is 0.798. The number of hydrogen-bond donors (Lipinski definition) is 1. The number of carbonyl (C=O) groups is 1. The van der Waals surface area contributed by atoms with Gasteiger partial charge < -0.3 is 4.90 Å². The van der Waals surface area contributed by atoms with Gasteiger partial charge in [0.05, 0.1) is 16.9 Å². The summed E-state index contributed by atoms with van der Waals surface area (Å²) in [5.74, 6) is 0.205. The van der Waals surface area contributed by atoms with Crippen LogP contribution in [0.15, 0.2) is 48.5 Å². The van der Waals surface area contributed by atoms with Crippen LogP contribution in [0.25, 0.3) is 23.1 Å². The minimum absolute atomic E-state index is 0.205. The van der Waals surface area contributed by atoms with E-state index in [1.807, 2.05) is 59.5 Å². The smallest absolute Gasteiger partial charge is 0.227 e. The van der Waals surface area contributed by atoms with Crippen LogP contribution in [0.3, 0.4) is 0 Å². The summed E-state index contributed by atoms with van der Waals surface area (Å²) in [6, 6.07) is 16.1. The van der Waals surface area contributed by atoms with Crippen molar-refractivity contribution in [2.45, 2.75) is 12.8 Å². The third-order valence-corrected chi connectivity index (χ3v) is 4.22. The second-order valence-corrected chi connectivity index (χ2v) is 5.70. The minimum atomic E-state index is 0.205. The molecule has 2 heterocycles. The molecular formula is C19H17N3O. The maximum absolute atomic E-state index is 12.0. The molecule has 0 spiro atoms. The van der Waals surface area contributed by atoms with E-state index in [4.69, 9.17) is 0 Å². The summed E-state index contributed by atoms with van der Waals surface area (Å²) in [5.41, 5.74) is 3.94. The molecule has 0 bridgehead atoms. The molecule has 0 atom stereocenters. The first-order valence-corrected chi connectivity index (χ1v) is 7.83. The summed E-state index contributed by atoms with van der Waals surface area (Å²) < 4.78 is 0. The third-order valence-electron chi connectivity index (χ3n) is 4.22. The van der Waals surface area contributed by atoms with Gasteiger partial charge >= 0.3 is 0 Å². The summed E-state index contributed by atoms with van der Waals surface area (Å²) in [5, 5.41) is 8.49. The summed E-state index contributed by atoms with van der Waals surface area (Å²) in [6.45, 7) is 0.801. The molecule has 0 aliphatic carbocycles. The van der Waals surface area contributed by atoms with Crippen LogP contribution in [0.4, 0.5) is 5.69 Å². The molecule has 0 unspecified atom stereocenters. The molecule has 1 amide bonds. The Hall–Kier alpha value is -2.88. The van der Waals surface area contributed by atoms with Crippen LogP contribution in [0, 0.1) is 0 Å². The highest BCUT2D eigenvalue weighted by atomic mass is 16.2. The molecule has 1 saturated heterocycles. The number of carbonyl (C=O) groups excluding carboxylic acids is 1. The van der Waals surface area contributed by atoms with Gasteiger partial charge in [-0.2, -0.15) is 5.10 Å². The van der Waals surface area contributed by atoms with Gasteiger partial charge in [0.1, 0.15) is 0 Å². The first-order chi connectivity index (χ1) is 11.3. The second kappa shape index (κ2) is 5.72. The molecule has 1 N–H and O–H groups in total. The van der Waals surface area contributed by atoms with Gasteiger partial charge in [-0.1, -0.05) is 42.5 Å². The van der Waals surface area contributed by atoms with Crippen molar-refractivity contribution in [2.75, 3.05) is 11.4 Å². The molecule has 1 aliphatic rings. The molecule has 1 fully saturated rings. The van der Waals surface area contributed by atoms with Gasteiger partial charge in [-0.15, -0.1) is 0 Å². The van der Waals surface area contributed by atoms with E-state index in [2.05, 4.69) is 16.3 Å². The number of rotatable bonds is 3. The molecule has 23 heavy (non-hydrogen) atoms. The average Bonchev–Trinajstić information content (AvgIpc) is 3.19. The van der Waals surface area contributed by atoms with Crippen LogP contribution >= 0.6 is 0 Å². The molecule has 4 nitrogen and oxygen atoms in total. The molecule has 4 heteroatoms. The fraction of sp³-hybridized carbons (Fsp3) is 0.158. The van der Waals surface area contributed by atoms with E-state index in [0.717, 1.165) is 40.8 Å². The van der Waals surface area contributed by atoms with Gasteiger partial charge in [0, 0.05) is 18.4 Å². The maximum atomic E-state index is 12.0. The van der Waals surface area contributed by atoms with E-state index in [0.29, 0.717) is 6.42 Å². The van der Waals surface area contributed by atoms with E-state index in [9.17, 15) is 4.79 Å². The van der Waals surface area contributed by atoms with E-state index >= 15 is 0 Å². The number of nitrogens with zero attached hydrogens (tertiary/aromatic N) is 2. The van der Waals surface area contributed by atoms with Crippen molar-refractivity contribution in [3.63, 3.8) is 0 Å². The number of anilines is 1. The first kappa shape index (κ1) is 13.8. The zero-order chi connectivity index (χ0) is 15.6. The van der Waals surface area contributed by atoms with Crippen LogP contribution in [0.5, 0.6) is 0 Å². The van der Waals surface area contributed by atoms with Crippen molar-refractivity contribution in [3.05, 3.63) is 59.8 Å². The topological polar surface area (TPSA) is 49.0 Å². The van der Waals surface area contributed by atoms with Crippen molar-refractivity contribution in [1.29, 1.82) is 0 Å². The summed E-state index contributed by atoms with van der Waals surface area (Å²) in [7, 11) is 0. The van der Waals surface area contributed by atoms with Crippen LogP contribution < -0.4 is 4.90 Å². The van der Waals surface area contributed by atoms with E-state index in [1.165, 1.54) is 0 Å². The number of nitrogens with one attached hydrogen (secondary N) is 1. The zero-order valence-electron chi connectivity index (χ0n) is 12.7. The normalized spacial score (nSPS) is 15.1. The highest BCUT2D eigenvalue weighted by Crippen LogP contribution is 2.27. The van der Waals surface area contributed by atoms with Gasteiger partial charge in [0.25, 0.3) is 0 Å². The number of aromatic amines is 1. The fourth-order valence-electron chi connectivity index (χ4n) is 3.06. The Morgan fingerprint density at radius 1 is 1.04 bits per heavy atom. The predicted molar refractivity (Wildman–Crippen MR) is 93.1 cm³/mol. The van der Waals surface area contributed by atoms with E-state index < -0.39 is 0 Å². The van der Waals surface area contributed by atoms with Crippen molar-refractivity contribution in [3.8, 4) is 0 Å². The molecule has 1 aliphatic heterocycles. The molecule has 4 rings (SSSR count). The van der Waals surface area contributed by atoms with Crippen molar-refractivity contribution < 1.29 is 4.79 Å². The number of benzene rings is 2.